The van der Waals surface area contributed by atoms with Gasteiger partial charge in [-0.05, 0) is 32.4 Å². The summed E-state index contributed by atoms with van der Waals surface area (Å²) in [5, 5.41) is 0.896. The Kier molecular flexibility index (Phi) is 4.80. The van der Waals surface area contributed by atoms with E-state index in [0.717, 1.165) is 21.5 Å². The number of hydrogen-bond donors (Lipinski definition) is 1. The van der Waals surface area contributed by atoms with Gasteiger partial charge < -0.3 is 15.4 Å². The lowest BCUT2D eigenvalue weighted by Gasteiger charge is -2.16. The van der Waals surface area contributed by atoms with Crippen molar-refractivity contribution < 1.29 is 9.53 Å². The van der Waals surface area contributed by atoms with Crippen LogP contribution in [0.25, 0.3) is 10.2 Å². The number of nitrogens with two attached hydrogens (primary N) is 1. The molecule has 114 valence electrons. The number of aryl methyl sites for hydroxylation is 2. The third-order valence-electron chi connectivity index (χ3n) is 3.34. The summed E-state index contributed by atoms with van der Waals surface area (Å²) in [5.74, 6) is -0.0766. The van der Waals surface area contributed by atoms with E-state index in [1.807, 2.05) is 26.8 Å². The molecule has 1 amide bonds. The summed E-state index contributed by atoms with van der Waals surface area (Å²) in [6.07, 6.45) is 0. The van der Waals surface area contributed by atoms with Gasteiger partial charge in [0.05, 0.1) is 12.3 Å². The predicted octanol–water partition coefficient (Wildman–Crippen LogP) is 2.60. The van der Waals surface area contributed by atoms with Crippen LogP contribution in [0.1, 0.15) is 27.9 Å². The first-order chi connectivity index (χ1) is 9.95. The number of likely N-dealkylation sites (N-methyl/N-ethyl adjacent to an activating group) is 1. The quantitative estimate of drug-likeness (QED) is 0.862. The van der Waals surface area contributed by atoms with E-state index in [0.29, 0.717) is 30.3 Å². The van der Waals surface area contributed by atoms with E-state index < -0.39 is 0 Å². The molecular formula is C15H21N3O2S. The Morgan fingerprint density at radius 1 is 1.48 bits per heavy atom. The summed E-state index contributed by atoms with van der Waals surface area (Å²) in [7, 11) is 1.76. The maximum absolute atomic E-state index is 12.5. The molecule has 0 aliphatic carbocycles. The molecule has 2 aromatic rings. The van der Waals surface area contributed by atoms with Crippen LogP contribution in [0.3, 0.4) is 0 Å². The molecule has 0 fully saturated rings. The minimum Gasteiger partial charge on any atom is -0.397 e. The van der Waals surface area contributed by atoms with E-state index in [4.69, 9.17) is 10.5 Å². The summed E-state index contributed by atoms with van der Waals surface area (Å²) < 4.78 is 5.28. The van der Waals surface area contributed by atoms with Gasteiger partial charge in [-0.2, -0.15) is 0 Å². The summed E-state index contributed by atoms with van der Waals surface area (Å²) in [4.78, 5) is 20.0. The lowest BCUT2D eigenvalue weighted by Crippen LogP contribution is -2.30. The number of carbonyl (C=O) groups excluding carboxylic acids is 1. The van der Waals surface area contributed by atoms with Crippen LogP contribution in [-0.4, -0.2) is 42.6 Å². The average molecular weight is 307 g/mol. The fourth-order valence-electron chi connectivity index (χ4n) is 2.25. The zero-order valence-corrected chi connectivity index (χ0v) is 13.7. The first-order valence-electron chi connectivity index (χ1n) is 6.95. The molecule has 0 saturated carbocycles. The fourth-order valence-corrected chi connectivity index (χ4v) is 3.46. The van der Waals surface area contributed by atoms with Crippen LogP contribution < -0.4 is 5.73 Å². The molecule has 21 heavy (non-hydrogen) atoms. The second-order valence-electron chi connectivity index (χ2n) is 5.03. The Balaban J connectivity index is 2.32. The van der Waals surface area contributed by atoms with Gasteiger partial charge in [0.1, 0.15) is 9.71 Å². The number of rotatable bonds is 5. The normalized spacial score (nSPS) is 11.0. The monoisotopic (exact) mass is 307 g/mol. The third-order valence-corrected chi connectivity index (χ3v) is 4.43. The molecule has 0 spiro atoms. The minimum atomic E-state index is -0.0766. The van der Waals surface area contributed by atoms with Gasteiger partial charge in [0.15, 0.2) is 0 Å². The Bertz CT molecular complexity index is 666. The molecule has 0 bridgehead atoms. The van der Waals surface area contributed by atoms with Crippen LogP contribution >= 0.6 is 11.3 Å². The van der Waals surface area contributed by atoms with Crippen LogP contribution in [-0.2, 0) is 4.74 Å². The van der Waals surface area contributed by atoms with Crippen molar-refractivity contribution in [3.8, 4) is 0 Å². The molecule has 2 aromatic heterocycles. The number of nitrogens with zero attached hydrogens (tertiary/aromatic N) is 2. The van der Waals surface area contributed by atoms with Crippen LogP contribution in [0.2, 0.25) is 0 Å². The SMILES string of the molecule is CCOCCN(C)C(=O)c1sc2nc(C)cc(C)c2c1N. The van der Waals surface area contributed by atoms with E-state index in [2.05, 4.69) is 4.98 Å². The summed E-state index contributed by atoms with van der Waals surface area (Å²) in [6, 6.07) is 1.98. The van der Waals surface area contributed by atoms with Gasteiger partial charge in [-0.15, -0.1) is 11.3 Å². The van der Waals surface area contributed by atoms with Gasteiger partial charge in [0.2, 0.25) is 0 Å². The van der Waals surface area contributed by atoms with Gasteiger partial charge in [-0.1, -0.05) is 0 Å². The van der Waals surface area contributed by atoms with E-state index in [-0.39, 0.29) is 5.91 Å². The molecule has 0 unspecified atom stereocenters. The first-order valence-corrected chi connectivity index (χ1v) is 7.76. The van der Waals surface area contributed by atoms with Gasteiger partial charge in [0, 0.05) is 31.3 Å². The maximum atomic E-state index is 12.5. The smallest absolute Gasteiger partial charge is 0.265 e. The number of anilines is 1. The van der Waals surface area contributed by atoms with Crippen LogP contribution in [0.15, 0.2) is 6.07 Å². The van der Waals surface area contributed by atoms with Crippen molar-refractivity contribution in [1.29, 1.82) is 0 Å². The highest BCUT2D eigenvalue weighted by Gasteiger charge is 2.21. The Morgan fingerprint density at radius 3 is 2.86 bits per heavy atom. The third kappa shape index (κ3) is 3.16. The van der Waals surface area contributed by atoms with Crippen molar-refractivity contribution in [2.75, 3.05) is 32.5 Å². The average Bonchev–Trinajstić information content (AvgIpc) is 2.75. The lowest BCUT2D eigenvalue weighted by molar-refractivity contribution is 0.0715. The first kappa shape index (κ1) is 15.7. The van der Waals surface area contributed by atoms with Crippen LogP contribution in [0.5, 0.6) is 0 Å². The summed E-state index contributed by atoms with van der Waals surface area (Å²) in [6.45, 7) is 7.59. The number of amides is 1. The number of hydrogen-bond acceptors (Lipinski definition) is 5. The number of thiophene rings is 1. The van der Waals surface area contributed by atoms with Crippen LogP contribution in [0, 0.1) is 13.8 Å². The molecule has 0 radical (unpaired) electrons. The maximum Gasteiger partial charge on any atom is 0.265 e. The fraction of sp³-hybridized carbons (Fsp3) is 0.467. The largest absolute Gasteiger partial charge is 0.397 e. The van der Waals surface area contributed by atoms with Gasteiger partial charge in [-0.3, -0.25) is 4.79 Å². The molecule has 2 N–H and O–H groups in total. The number of fused-ring (bicyclic) bond motifs is 1. The van der Waals surface area contributed by atoms with Gasteiger partial charge in [0.25, 0.3) is 5.91 Å². The number of nitrogen functional groups attached to an aromatic ring is 1. The Labute approximate surface area is 128 Å². The molecule has 2 heterocycles. The van der Waals surface area contributed by atoms with Crippen molar-refractivity contribution in [3.05, 3.63) is 22.2 Å². The Morgan fingerprint density at radius 2 is 2.19 bits per heavy atom. The molecule has 0 aromatic carbocycles. The van der Waals surface area contributed by atoms with E-state index >= 15 is 0 Å². The molecule has 0 atom stereocenters. The standard InChI is InChI=1S/C15H21N3O2S/c1-5-20-7-6-18(4)15(19)13-12(16)11-9(2)8-10(3)17-14(11)21-13/h8H,5-7,16H2,1-4H3. The van der Waals surface area contributed by atoms with Gasteiger partial charge >= 0.3 is 0 Å². The second kappa shape index (κ2) is 6.41. The highest BCUT2D eigenvalue weighted by atomic mass is 32.1. The van der Waals surface area contributed by atoms with Crippen molar-refractivity contribution in [2.24, 2.45) is 0 Å². The molecule has 0 aliphatic rings. The van der Waals surface area contributed by atoms with Crippen LogP contribution in [0.4, 0.5) is 5.69 Å². The number of ether oxygens (including phenoxy) is 1. The molecular weight excluding hydrogens is 286 g/mol. The van der Waals surface area contributed by atoms with Crippen molar-refractivity contribution in [2.45, 2.75) is 20.8 Å². The number of carbonyl (C=O) groups is 1. The van der Waals surface area contributed by atoms with Gasteiger partial charge in [-0.25, -0.2) is 4.98 Å². The number of aromatic nitrogens is 1. The van der Waals surface area contributed by atoms with E-state index in [1.54, 1.807) is 11.9 Å². The minimum absolute atomic E-state index is 0.0766. The highest BCUT2D eigenvalue weighted by molar-refractivity contribution is 7.21. The molecule has 2 rings (SSSR count). The number of pyridine rings is 1. The second-order valence-corrected chi connectivity index (χ2v) is 6.03. The van der Waals surface area contributed by atoms with E-state index in [9.17, 15) is 4.79 Å². The van der Waals surface area contributed by atoms with Crippen molar-refractivity contribution in [1.82, 2.24) is 9.88 Å². The predicted molar refractivity (Wildman–Crippen MR) is 87.0 cm³/mol. The molecule has 0 aliphatic heterocycles. The zero-order chi connectivity index (χ0) is 15.6. The zero-order valence-electron chi connectivity index (χ0n) is 12.9. The van der Waals surface area contributed by atoms with Crippen molar-refractivity contribution in [3.63, 3.8) is 0 Å². The summed E-state index contributed by atoms with van der Waals surface area (Å²) >= 11 is 1.36. The summed E-state index contributed by atoms with van der Waals surface area (Å²) in [5.41, 5.74) is 8.70. The molecule has 5 nitrogen and oxygen atoms in total. The molecule has 0 saturated heterocycles. The van der Waals surface area contributed by atoms with Crippen molar-refractivity contribution >= 4 is 33.1 Å². The molecule has 6 heteroatoms. The lowest BCUT2D eigenvalue weighted by atomic mass is 10.1. The highest BCUT2D eigenvalue weighted by Crippen LogP contribution is 2.35. The van der Waals surface area contributed by atoms with E-state index in [1.165, 1.54) is 11.3 Å². The topological polar surface area (TPSA) is 68.5 Å². The Hall–Kier alpha value is -1.66.